The van der Waals surface area contributed by atoms with Gasteiger partial charge in [-0.15, -0.1) is 0 Å². The molecule has 102 valence electrons. The lowest BCUT2D eigenvalue weighted by Gasteiger charge is -2.31. The van der Waals surface area contributed by atoms with Crippen LogP contribution in [0, 0.1) is 5.92 Å². The van der Waals surface area contributed by atoms with Crippen LogP contribution in [0.3, 0.4) is 0 Å². The number of rotatable bonds is 7. The fraction of sp³-hybridized carbons (Fsp3) is 0.600. The molecule has 0 aliphatic carbocycles. The van der Waals surface area contributed by atoms with Crippen LogP contribution < -0.4 is 10.5 Å². The quantitative estimate of drug-likeness (QED) is 0.808. The normalized spacial score (nSPS) is 14.6. The van der Waals surface area contributed by atoms with E-state index in [1.165, 1.54) is 5.56 Å². The van der Waals surface area contributed by atoms with E-state index in [1.807, 2.05) is 12.1 Å². The van der Waals surface area contributed by atoms with E-state index in [1.54, 1.807) is 7.11 Å². The number of likely N-dealkylation sites (N-methyl/N-ethyl adjacent to an activating group) is 1. The largest absolute Gasteiger partial charge is 0.497 e. The molecule has 0 heterocycles. The summed E-state index contributed by atoms with van der Waals surface area (Å²) in [5.74, 6) is 1.53. The van der Waals surface area contributed by atoms with Gasteiger partial charge in [-0.3, -0.25) is 4.90 Å². The number of nitrogens with zero attached hydrogens (tertiary/aromatic N) is 1. The van der Waals surface area contributed by atoms with Crippen LogP contribution in [0.15, 0.2) is 24.3 Å². The minimum Gasteiger partial charge on any atom is -0.497 e. The van der Waals surface area contributed by atoms with Gasteiger partial charge in [0.25, 0.3) is 0 Å². The third-order valence-electron chi connectivity index (χ3n) is 3.67. The monoisotopic (exact) mass is 250 g/mol. The molecule has 3 nitrogen and oxygen atoms in total. The zero-order valence-corrected chi connectivity index (χ0v) is 12.0. The summed E-state index contributed by atoms with van der Waals surface area (Å²) in [6.45, 7) is 6.09. The summed E-state index contributed by atoms with van der Waals surface area (Å²) >= 11 is 0. The molecule has 0 spiro atoms. The lowest BCUT2D eigenvalue weighted by Crippen LogP contribution is -2.42. The van der Waals surface area contributed by atoms with Gasteiger partial charge in [-0.2, -0.15) is 0 Å². The molecule has 0 aromatic heterocycles. The summed E-state index contributed by atoms with van der Waals surface area (Å²) < 4.78 is 5.25. The van der Waals surface area contributed by atoms with Crippen molar-refractivity contribution in [1.82, 2.24) is 4.90 Å². The van der Waals surface area contributed by atoms with Gasteiger partial charge in [0.15, 0.2) is 0 Å². The summed E-state index contributed by atoms with van der Waals surface area (Å²) in [6.07, 6.45) is 1.16. The molecule has 1 aromatic carbocycles. The van der Waals surface area contributed by atoms with Gasteiger partial charge in [0.2, 0.25) is 0 Å². The van der Waals surface area contributed by atoms with E-state index in [0.29, 0.717) is 18.5 Å². The van der Waals surface area contributed by atoms with Gasteiger partial charge in [0, 0.05) is 19.1 Å². The second kappa shape index (κ2) is 7.39. The van der Waals surface area contributed by atoms with Crippen molar-refractivity contribution in [3.05, 3.63) is 29.8 Å². The number of benzene rings is 1. The zero-order chi connectivity index (χ0) is 13.5. The van der Waals surface area contributed by atoms with Crippen LogP contribution in [0.25, 0.3) is 0 Å². The van der Waals surface area contributed by atoms with Gasteiger partial charge < -0.3 is 10.5 Å². The fourth-order valence-corrected chi connectivity index (χ4v) is 2.29. The van der Waals surface area contributed by atoms with Crippen molar-refractivity contribution in [3.63, 3.8) is 0 Å². The number of methoxy groups -OCH3 is 1. The van der Waals surface area contributed by atoms with E-state index in [-0.39, 0.29) is 0 Å². The van der Waals surface area contributed by atoms with Gasteiger partial charge in [-0.1, -0.05) is 32.4 Å². The first-order chi connectivity index (χ1) is 8.62. The highest BCUT2D eigenvalue weighted by atomic mass is 16.5. The van der Waals surface area contributed by atoms with Gasteiger partial charge in [0.05, 0.1) is 7.11 Å². The van der Waals surface area contributed by atoms with Gasteiger partial charge in [-0.25, -0.2) is 0 Å². The zero-order valence-electron chi connectivity index (χ0n) is 12.0. The first kappa shape index (κ1) is 15.0. The van der Waals surface area contributed by atoms with Crippen molar-refractivity contribution in [3.8, 4) is 5.75 Å². The highest BCUT2D eigenvalue weighted by Crippen LogP contribution is 2.18. The number of nitrogens with two attached hydrogens (primary N) is 1. The van der Waals surface area contributed by atoms with Crippen molar-refractivity contribution < 1.29 is 4.74 Å². The molecule has 3 heteroatoms. The lowest BCUT2D eigenvalue weighted by molar-refractivity contribution is 0.178. The third-order valence-corrected chi connectivity index (χ3v) is 3.67. The molecule has 0 bridgehead atoms. The highest BCUT2D eigenvalue weighted by molar-refractivity contribution is 5.28. The van der Waals surface area contributed by atoms with Crippen LogP contribution >= 0.6 is 0 Å². The summed E-state index contributed by atoms with van der Waals surface area (Å²) in [5, 5.41) is 0. The van der Waals surface area contributed by atoms with E-state index in [0.717, 1.165) is 18.7 Å². The molecule has 0 saturated carbocycles. The molecule has 2 unspecified atom stereocenters. The van der Waals surface area contributed by atoms with Crippen molar-refractivity contribution in [2.75, 3.05) is 20.7 Å². The SMILES string of the molecule is CCC(C)C(CN)N(C)Cc1cccc(OC)c1. The van der Waals surface area contributed by atoms with Gasteiger partial charge in [-0.05, 0) is 30.7 Å². The minimum atomic E-state index is 0.432. The second-order valence-corrected chi connectivity index (χ2v) is 4.96. The van der Waals surface area contributed by atoms with E-state index < -0.39 is 0 Å². The van der Waals surface area contributed by atoms with Crippen LogP contribution in [0.1, 0.15) is 25.8 Å². The molecule has 0 aliphatic heterocycles. The number of hydrogen-bond donors (Lipinski definition) is 1. The predicted molar refractivity (Wildman–Crippen MR) is 76.8 cm³/mol. The van der Waals surface area contributed by atoms with Gasteiger partial charge in [0.1, 0.15) is 5.75 Å². The van der Waals surface area contributed by atoms with E-state index in [9.17, 15) is 0 Å². The molecule has 2 atom stereocenters. The van der Waals surface area contributed by atoms with Crippen LogP contribution in [0.5, 0.6) is 5.75 Å². The Morgan fingerprint density at radius 2 is 2.11 bits per heavy atom. The predicted octanol–water partition coefficient (Wildman–Crippen LogP) is 2.50. The Labute approximate surface area is 111 Å². The van der Waals surface area contributed by atoms with Crippen LogP contribution in [-0.4, -0.2) is 31.6 Å². The summed E-state index contributed by atoms with van der Waals surface area (Å²) in [6, 6.07) is 8.65. The van der Waals surface area contributed by atoms with Crippen molar-refractivity contribution in [2.45, 2.75) is 32.9 Å². The summed E-state index contributed by atoms with van der Waals surface area (Å²) in [7, 11) is 3.84. The Morgan fingerprint density at radius 3 is 2.67 bits per heavy atom. The summed E-state index contributed by atoms with van der Waals surface area (Å²) in [4.78, 5) is 2.34. The summed E-state index contributed by atoms with van der Waals surface area (Å²) in [5.41, 5.74) is 7.16. The Balaban J connectivity index is 2.69. The Morgan fingerprint density at radius 1 is 1.39 bits per heavy atom. The van der Waals surface area contributed by atoms with E-state index >= 15 is 0 Å². The molecule has 1 rings (SSSR count). The van der Waals surface area contributed by atoms with E-state index in [2.05, 4.69) is 37.9 Å². The van der Waals surface area contributed by atoms with E-state index in [4.69, 9.17) is 10.5 Å². The smallest absolute Gasteiger partial charge is 0.119 e. The fourth-order valence-electron chi connectivity index (χ4n) is 2.29. The number of hydrogen-bond acceptors (Lipinski definition) is 3. The molecule has 1 aromatic rings. The average molecular weight is 250 g/mol. The van der Waals surface area contributed by atoms with Gasteiger partial charge >= 0.3 is 0 Å². The standard InChI is InChI=1S/C15H26N2O/c1-5-12(2)15(10-16)17(3)11-13-7-6-8-14(9-13)18-4/h6-9,12,15H,5,10-11,16H2,1-4H3. The Kier molecular flexibility index (Phi) is 6.16. The molecule has 0 fully saturated rings. The second-order valence-electron chi connectivity index (χ2n) is 4.96. The Hall–Kier alpha value is -1.06. The number of ether oxygens (including phenoxy) is 1. The maximum atomic E-state index is 5.89. The molecule has 0 amide bonds. The first-order valence-electron chi connectivity index (χ1n) is 6.65. The molecule has 2 N–H and O–H groups in total. The maximum absolute atomic E-state index is 5.89. The van der Waals surface area contributed by atoms with Crippen molar-refractivity contribution in [1.29, 1.82) is 0 Å². The average Bonchev–Trinajstić information content (AvgIpc) is 2.39. The first-order valence-corrected chi connectivity index (χ1v) is 6.65. The highest BCUT2D eigenvalue weighted by Gasteiger charge is 2.19. The molecule has 0 saturated heterocycles. The van der Waals surface area contributed by atoms with Crippen LogP contribution in [0.2, 0.25) is 0 Å². The topological polar surface area (TPSA) is 38.5 Å². The molecule has 18 heavy (non-hydrogen) atoms. The van der Waals surface area contributed by atoms with Crippen molar-refractivity contribution >= 4 is 0 Å². The third kappa shape index (κ3) is 4.00. The Bertz CT molecular complexity index is 354. The molecular formula is C15H26N2O. The molecule has 0 aliphatic rings. The van der Waals surface area contributed by atoms with Crippen LogP contribution in [-0.2, 0) is 6.54 Å². The minimum absolute atomic E-state index is 0.432. The van der Waals surface area contributed by atoms with Crippen molar-refractivity contribution in [2.24, 2.45) is 11.7 Å². The molecule has 0 radical (unpaired) electrons. The lowest BCUT2D eigenvalue weighted by atomic mass is 9.97. The maximum Gasteiger partial charge on any atom is 0.119 e. The molecular weight excluding hydrogens is 224 g/mol. The van der Waals surface area contributed by atoms with Crippen LogP contribution in [0.4, 0.5) is 0 Å².